The van der Waals surface area contributed by atoms with Gasteiger partial charge < -0.3 is 9.31 Å². The molecule has 0 saturated carbocycles. The van der Waals surface area contributed by atoms with Crippen molar-refractivity contribution in [1.82, 2.24) is 4.98 Å². The van der Waals surface area contributed by atoms with E-state index in [4.69, 9.17) is 14.4 Å². The van der Waals surface area contributed by atoms with Crippen LogP contribution in [-0.2, 0) is 25.8 Å². The minimum atomic E-state index is -3.48. The van der Waals surface area contributed by atoms with Crippen LogP contribution in [0.4, 0.5) is 0 Å². The van der Waals surface area contributed by atoms with Crippen LogP contribution in [0.1, 0.15) is 33.3 Å². The molecular weight excluding hydrogens is 291 g/mol. The van der Waals surface area contributed by atoms with E-state index in [1.807, 2.05) is 33.8 Å². The molecule has 1 aromatic rings. The summed E-state index contributed by atoms with van der Waals surface area (Å²) in [6, 6.07) is 1.85. The zero-order chi connectivity index (χ0) is 15.9. The van der Waals surface area contributed by atoms with E-state index in [2.05, 4.69) is 4.98 Å². The molecule has 0 unspecified atom stereocenters. The maximum Gasteiger partial charge on any atom is 0.496 e. The number of primary sulfonamides is 1. The molecule has 21 heavy (non-hydrogen) atoms. The van der Waals surface area contributed by atoms with E-state index in [0.29, 0.717) is 6.42 Å². The van der Waals surface area contributed by atoms with Crippen LogP contribution in [0.15, 0.2) is 18.5 Å². The maximum absolute atomic E-state index is 11.0. The number of sulfonamides is 1. The van der Waals surface area contributed by atoms with Crippen molar-refractivity contribution in [2.24, 2.45) is 5.14 Å². The smallest absolute Gasteiger partial charge is 0.399 e. The fraction of sp³-hybridized carbons (Fsp3) is 0.615. The fourth-order valence-corrected chi connectivity index (χ4v) is 2.53. The van der Waals surface area contributed by atoms with Gasteiger partial charge in [-0.1, -0.05) is 6.07 Å². The van der Waals surface area contributed by atoms with Gasteiger partial charge in [0, 0.05) is 17.9 Å². The zero-order valence-electron chi connectivity index (χ0n) is 12.8. The van der Waals surface area contributed by atoms with E-state index in [0.717, 1.165) is 11.0 Å². The molecular formula is C13H21BN2O4S. The van der Waals surface area contributed by atoms with Gasteiger partial charge in [0.2, 0.25) is 10.0 Å². The summed E-state index contributed by atoms with van der Waals surface area (Å²) in [7, 11) is -3.98. The predicted molar refractivity (Wildman–Crippen MR) is 81.6 cm³/mol. The molecule has 1 aliphatic rings. The van der Waals surface area contributed by atoms with Gasteiger partial charge in [0.1, 0.15) is 0 Å². The molecule has 2 N–H and O–H groups in total. The Morgan fingerprint density at radius 1 is 1.19 bits per heavy atom. The molecule has 1 aromatic heterocycles. The molecule has 2 rings (SSSR count). The van der Waals surface area contributed by atoms with Crippen molar-refractivity contribution in [3.8, 4) is 0 Å². The molecule has 2 heterocycles. The van der Waals surface area contributed by atoms with E-state index in [9.17, 15) is 8.42 Å². The van der Waals surface area contributed by atoms with Crippen LogP contribution in [0.25, 0.3) is 0 Å². The molecule has 1 saturated heterocycles. The van der Waals surface area contributed by atoms with Crippen molar-refractivity contribution in [3.05, 3.63) is 24.0 Å². The highest BCUT2D eigenvalue weighted by atomic mass is 32.2. The minimum Gasteiger partial charge on any atom is -0.399 e. The summed E-state index contributed by atoms with van der Waals surface area (Å²) in [4.78, 5) is 4.13. The van der Waals surface area contributed by atoms with Gasteiger partial charge >= 0.3 is 7.12 Å². The van der Waals surface area contributed by atoms with Crippen LogP contribution in [0.5, 0.6) is 0 Å². The van der Waals surface area contributed by atoms with Gasteiger partial charge in [-0.15, -0.1) is 0 Å². The van der Waals surface area contributed by atoms with E-state index in [1.165, 1.54) is 0 Å². The fourth-order valence-electron chi connectivity index (χ4n) is 2.01. The Kier molecular flexibility index (Phi) is 4.18. The Labute approximate surface area is 126 Å². The predicted octanol–water partition coefficient (Wildman–Crippen LogP) is 0.212. The van der Waals surface area contributed by atoms with Crippen molar-refractivity contribution in [2.75, 3.05) is 5.75 Å². The number of rotatable bonds is 4. The normalized spacial score (nSPS) is 20.7. The second-order valence-corrected chi connectivity index (χ2v) is 8.07. The second-order valence-electron chi connectivity index (χ2n) is 6.33. The van der Waals surface area contributed by atoms with E-state index < -0.39 is 28.3 Å². The average molecular weight is 312 g/mol. The van der Waals surface area contributed by atoms with Gasteiger partial charge in [0.25, 0.3) is 0 Å². The Hall–Kier alpha value is -0.955. The molecule has 0 amide bonds. The van der Waals surface area contributed by atoms with Crippen molar-refractivity contribution in [2.45, 2.75) is 45.3 Å². The molecule has 0 radical (unpaired) electrons. The van der Waals surface area contributed by atoms with Crippen LogP contribution >= 0.6 is 0 Å². The lowest BCUT2D eigenvalue weighted by Gasteiger charge is -2.32. The van der Waals surface area contributed by atoms with Crippen molar-refractivity contribution >= 4 is 22.6 Å². The molecule has 6 nitrogen and oxygen atoms in total. The molecule has 1 fully saturated rings. The van der Waals surface area contributed by atoms with Crippen LogP contribution < -0.4 is 10.6 Å². The Balaban J connectivity index is 2.16. The molecule has 0 spiro atoms. The lowest BCUT2D eigenvalue weighted by molar-refractivity contribution is 0.00578. The third kappa shape index (κ3) is 3.82. The van der Waals surface area contributed by atoms with Crippen LogP contribution in [0, 0.1) is 0 Å². The van der Waals surface area contributed by atoms with E-state index in [-0.39, 0.29) is 5.75 Å². The maximum atomic E-state index is 11.0. The molecule has 0 aliphatic carbocycles. The summed E-state index contributed by atoms with van der Waals surface area (Å²) in [6.45, 7) is 7.91. The summed E-state index contributed by atoms with van der Waals surface area (Å²) in [5.74, 6) is -0.110. The summed E-state index contributed by atoms with van der Waals surface area (Å²) in [6.07, 6.45) is 3.61. The first-order chi connectivity index (χ1) is 9.50. The highest BCUT2D eigenvalue weighted by Gasteiger charge is 2.51. The first-order valence-corrected chi connectivity index (χ1v) is 8.52. The average Bonchev–Trinajstić information content (AvgIpc) is 2.56. The van der Waals surface area contributed by atoms with Crippen LogP contribution in [-0.4, -0.2) is 37.5 Å². The number of hydrogen-bond donors (Lipinski definition) is 1. The summed E-state index contributed by atoms with van der Waals surface area (Å²) >= 11 is 0. The molecule has 0 bridgehead atoms. The van der Waals surface area contributed by atoms with Gasteiger partial charge in [-0.2, -0.15) is 0 Å². The van der Waals surface area contributed by atoms with Crippen molar-refractivity contribution in [1.29, 1.82) is 0 Å². The zero-order valence-corrected chi connectivity index (χ0v) is 13.6. The Morgan fingerprint density at radius 2 is 1.76 bits per heavy atom. The molecule has 8 heteroatoms. The van der Waals surface area contributed by atoms with Gasteiger partial charge in [-0.05, 0) is 39.7 Å². The monoisotopic (exact) mass is 312 g/mol. The summed E-state index contributed by atoms with van der Waals surface area (Å²) in [5, 5.41) is 5.02. The number of nitrogens with two attached hydrogens (primary N) is 1. The number of pyridine rings is 1. The first kappa shape index (κ1) is 16.4. The number of hydrogen-bond acceptors (Lipinski definition) is 5. The number of aryl methyl sites for hydroxylation is 1. The topological polar surface area (TPSA) is 91.5 Å². The highest BCUT2D eigenvalue weighted by Crippen LogP contribution is 2.36. The van der Waals surface area contributed by atoms with Crippen molar-refractivity contribution in [3.63, 3.8) is 0 Å². The largest absolute Gasteiger partial charge is 0.496 e. The molecule has 116 valence electrons. The lowest BCUT2D eigenvalue weighted by atomic mass is 9.79. The first-order valence-electron chi connectivity index (χ1n) is 6.80. The van der Waals surface area contributed by atoms with Crippen LogP contribution in [0.3, 0.4) is 0 Å². The third-order valence-corrected chi connectivity index (χ3v) is 4.79. The third-order valence-electron chi connectivity index (χ3n) is 4.02. The van der Waals surface area contributed by atoms with Crippen molar-refractivity contribution < 1.29 is 17.7 Å². The molecule has 0 aromatic carbocycles. The van der Waals surface area contributed by atoms with E-state index in [1.54, 1.807) is 12.4 Å². The second kappa shape index (κ2) is 5.35. The standard InChI is InChI=1S/C13H21BN2O4S/c1-12(2)13(3,4)20-14(19-12)11-7-10(8-16-9-11)5-6-21(15,17)18/h7-9H,5-6H2,1-4H3,(H2,15,17,18). The van der Waals surface area contributed by atoms with E-state index >= 15 is 0 Å². The van der Waals surface area contributed by atoms with Gasteiger partial charge in [0.05, 0.1) is 17.0 Å². The quantitative estimate of drug-likeness (QED) is 0.803. The minimum absolute atomic E-state index is 0.110. The number of aromatic nitrogens is 1. The van der Waals surface area contributed by atoms with Crippen LogP contribution in [0.2, 0.25) is 0 Å². The lowest BCUT2D eigenvalue weighted by Crippen LogP contribution is -2.41. The Bertz CT molecular complexity index is 615. The number of nitrogens with zero attached hydrogens (tertiary/aromatic N) is 1. The van der Waals surface area contributed by atoms with Gasteiger partial charge in [-0.3, -0.25) is 4.98 Å². The Morgan fingerprint density at radius 3 is 2.29 bits per heavy atom. The highest BCUT2D eigenvalue weighted by molar-refractivity contribution is 7.89. The SMILES string of the molecule is CC1(C)OB(c2cncc(CCS(N)(=O)=O)c2)OC1(C)C. The van der Waals surface area contributed by atoms with Gasteiger partial charge in [0.15, 0.2) is 0 Å². The molecule has 0 atom stereocenters. The summed E-state index contributed by atoms with van der Waals surface area (Å²) in [5.41, 5.74) is 0.722. The summed E-state index contributed by atoms with van der Waals surface area (Å²) < 4.78 is 33.9. The van der Waals surface area contributed by atoms with Gasteiger partial charge in [-0.25, -0.2) is 13.6 Å². The molecule has 1 aliphatic heterocycles.